The monoisotopic (exact) mass is 325 g/mol. The average Bonchev–Trinajstić information content (AvgIpc) is 2.48. The van der Waals surface area contributed by atoms with E-state index in [4.69, 9.17) is 10.5 Å². The van der Waals surface area contributed by atoms with E-state index in [1.165, 1.54) is 5.01 Å². The van der Waals surface area contributed by atoms with Gasteiger partial charge in [-0.2, -0.15) is 5.10 Å². The summed E-state index contributed by atoms with van der Waals surface area (Å²) in [6.45, 7) is 2.01. The first-order valence-corrected chi connectivity index (χ1v) is 7.58. The van der Waals surface area contributed by atoms with Gasteiger partial charge in [0.2, 0.25) is 11.8 Å². The molecule has 1 fully saturated rings. The Morgan fingerprint density at radius 3 is 2.83 bits per heavy atom. The van der Waals surface area contributed by atoms with Gasteiger partial charge in [0.15, 0.2) is 0 Å². The summed E-state index contributed by atoms with van der Waals surface area (Å²) in [6, 6.07) is 0. The van der Waals surface area contributed by atoms with Crippen molar-refractivity contribution >= 4 is 23.4 Å². The predicted molar refractivity (Wildman–Crippen MR) is 82.5 cm³/mol. The second kappa shape index (κ2) is 7.51. The fourth-order valence-electron chi connectivity index (χ4n) is 2.70. The zero-order chi connectivity index (χ0) is 17.0. The smallest absolute Gasteiger partial charge is 0.270 e. The summed E-state index contributed by atoms with van der Waals surface area (Å²) in [5.41, 5.74) is 5.56. The second-order valence-electron chi connectivity index (χ2n) is 5.87. The van der Waals surface area contributed by atoms with Crippen LogP contribution in [0.5, 0.6) is 0 Å². The Morgan fingerprint density at radius 1 is 1.43 bits per heavy atom. The van der Waals surface area contributed by atoms with Crippen LogP contribution in [0.15, 0.2) is 5.10 Å². The van der Waals surface area contributed by atoms with Crippen LogP contribution in [0.25, 0.3) is 0 Å². The van der Waals surface area contributed by atoms with Crippen molar-refractivity contribution in [2.24, 2.45) is 10.8 Å². The molecule has 2 rings (SSSR count). The summed E-state index contributed by atoms with van der Waals surface area (Å²) in [5, 5.41) is 5.28. The van der Waals surface area contributed by atoms with Gasteiger partial charge in [0.1, 0.15) is 5.71 Å². The molecular weight excluding hydrogens is 302 g/mol. The molecule has 0 radical (unpaired) electrons. The second-order valence-corrected chi connectivity index (χ2v) is 5.87. The highest BCUT2D eigenvalue weighted by molar-refractivity contribution is 6.39. The van der Waals surface area contributed by atoms with Crippen molar-refractivity contribution in [3.05, 3.63) is 0 Å². The molecular formula is C14H23N5O4. The molecule has 1 saturated heterocycles. The van der Waals surface area contributed by atoms with E-state index in [-0.39, 0.29) is 24.5 Å². The maximum atomic E-state index is 12.5. The highest BCUT2D eigenvalue weighted by Crippen LogP contribution is 2.12. The molecule has 23 heavy (non-hydrogen) atoms. The van der Waals surface area contributed by atoms with Crippen LogP contribution in [0.3, 0.4) is 0 Å². The molecule has 128 valence electrons. The van der Waals surface area contributed by atoms with E-state index in [1.807, 2.05) is 0 Å². The minimum atomic E-state index is -0.402. The number of hydrazone groups is 1. The number of amides is 3. The Balaban J connectivity index is 1.93. The van der Waals surface area contributed by atoms with Crippen LogP contribution in [0.4, 0.5) is 0 Å². The number of primary amides is 1. The lowest BCUT2D eigenvalue weighted by molar-refractivity contribution is -0.134. The van der Waals surface area contributed by atoms with E-state index in [9.17, 15) is 14.4 Å². The van der Waals surface area contributed by atoms with Crippen molar-refractivity contribution in [2.75, 3.05) is 46.9 Å². The summed E-state index contributed by atoms with van der Waals surface area (Å²) in [7, 11) is 3.33. The Kier molecular flexibility index (Phi) is 5.67. The van der Waals surface area contributed by atoms with Crippen molar-refractivity contribution in [1.82, 2.24) is 14.8 Å². The van der Waals surface area contributed by atoms with Gasteiger partial charge in [-0.3, -0.25) is 19.3 Å². The van der Waals surface area contributed by atoms with Crippen LogP contribution in [-0.2, 0) is 19.1 Å². The summed E-state index contributed by atoms with van der Waals surface area (Å²) >= 11 is 0. The van der Waals surface area contributed by atoms with Gasteiger partial charge >= 0.3 is 0 Å². The van der Waals surface area contributed by atoms with E-state index < -0.39 is 5.91 Å². The van der Waals surface area contributed by atoms with Gasteiger partial charge < -0.3 is 15.4 Å². The lowest BCUT2D eigenvalue weighted by Gasteiger charge is -2.35. The lowest BCUT2D eigenvalue weighted by Crippen LogP contribution is -2.52. The number of rotatable bonds is 5. The van der Waals surface area contributed by atoms with Crippen LogP contribution in [-0.4, -0.2) is 91.2 Å². The van der Waals surface area contributed by atoms with Crippen molar-refractivity contribution in [3.63, 3.8) is 0 Å². The first-order valence-electron chi connectivity index (χ1n) is 7.58. The maximum absolute atomic E-state index is 12.5. The lowest BCUT2D eigenvalue weighted by atomic mass is 10.1. The molecule has 2 N–H and O–H groups in total. The van der Waals surface area contributed by atoms with Crippen LogP contribution in [0, 0.1) is 0 Å². The number of nitrogens with two attached hydrogens (primary N) is 1. The van der Waals surface area contributed by atoms with Crippen LogP contribution in [0.2, 0.25) is 0 Å². The molecule has 3 amide bonds. The molecule has 9 heteroatoms. The van der Waals surface area contributed by atoms with Crippen molar-refractivity contribution in [3.8, 4) is 0 Å². The minimum Gasteiger partial charge on any atom is -0.373 e. The maximum Gasteiger partial charge on any atom is 0.270 e. The molecule has 2 aliphatic rings. The number of carbonyl (C=O) groups excluding carboxylic acids is 3. The fraction of sp³-hybridized carbons (Fsp3) is 0.714. The highest BCUT2D eigenvalue weighted by Gasteiger charge is 2.30. The summed E-state index contributed by atoms with van der Waals surface area (Å²) < 4.78 is 5.64. The number of hydrogen-bond acceptors (Lipinski definition) is 6. The first kappa shape index (κ1) is 17.4. The number of morpholine rings is 1. The normalized spacial score (nSPS) is 22.3. The van der Waals surface area contributed by atoms with Gasteiger partial charge in [0, 0.05) is 39.5 Å². The van der Waals surface area contributed by atoms with E-state index in [2.05, 4.69) is 5.10 Å². The van der Waals surface area contributed by atoms with Crippen LogP contribution >= 0.6 is 0 Å². The molecule has 1 unspecified atom stereocenters. The molecule has 0 aromatic rings. The molecule has 0 aliphatic carbocycles. The molecule has 9 nitrogen and oxygen atoms in total. The SMILES string of the molecule is CN(CC(N)=O)CC1CN(C(=O)C2=NN(C)C(=O)CC2)CCO1. The molecule has 1 atom stereocenters. The number of nitrogens with zero attached hydrogens (tertiary/aromatic N) is 4. The van der Waals surface area contributed by atoms with E-state index in [0.29, 0.717) is 44.8 Å². The van der Waals surface area contributed by atoms with Gasteiger partial charge in [-0.05, 0) is 7.05 Å². The Morgan fingerprint density at radius 2 is 2.17 bits per heavy atom. The average molecular weight is 325 g/mol. The molecule has 2 aliphatic heterocycles. The molecule has 2 heterocycles. The van der Waals surface area contributed by atoms with Crippen molar-refractivity contribution < 1.29 is 19.1 Å². The fourth-order valence-corrected chi connectivity index (χ4v) is 2.70. The zero-order valence-electron chi connectivity index (χ0n) is 13.5. The third kappa shape index (κ3) is 4.73. The highest BCUT2D eigenvalue weighted by atomic mass is 16.5. The van der Waals surface area contributed by atoms with Crippen LogP contribution < -0.4 is 5.73 Å². The molecule has 0 spiro atoms. The van der Waals surface area contributed by atoms with Gasteiger partial charge in [-0.1, -0.05) is 0 Å². The Bertz CT molecular complexity index is 521. The third-order valence-corrected chi connectivity index (χ3v) is 3.82. The number of hydrogen-bond donors (Lipinski definition) is 1. The summed E-state index contributed by atoms with van der Waals surface area (Å²) in [6.07, 6.45) is 0.488. The molecule has 0 aromatic heterocycles. The largest absolute Gasteiger partial charge is 0.373 e. The standard InChI is InChI=1S/C14H23N5O4/c1-17(9-12(15)20)7-10-8-19(5-6-23-10)14(22)11-3-4-13(21)18(2)16-11/h10H,3-9H2,1-2H3,(H2,15,20). The van der Waals surface area contributed by atoms with Gasteiger partial charge in [-0.15, -0.1) is 0 Å². The molecule has 0 aromatic carbocycles. The van der Waals surface area contributed by atoms with E-state index in [1.54, 1.807) is 23.9 Å². The third-order valence-electron chi connectivity index (χ3n) is 3.82. The Hall–Kier alpha value is -2.00. The predicted octanol–water partition coefficient (Wildman–Crippen LogP) is -1.76. The minimum absolute atomic E-state index is 0.0884. The number of carbonyl (C=O) groups is 3. The van der Waals surface area contributed by atoms with Gasteiger partial charge in [0.25, 0.3) is 5.91 Å². The van der Waals surface area contributed by atoms with E-state index in [0.717, 1.165) is 0 Å². The summed E-state index contributed by atoms with van der Waals surface area (Å²) in [5.74, 6) is -0.648. The first-order chi connectivity index (χ1) is 10.9. The number of ether oxygens (including phenoxy) is 1. The molecule has 0 saturated carbocycles. The molecule has 0 bridgehead atoms. The van der Waals surface area contributed by atoms with Crippen molar-refractivity contribution in [1.29, 1.82) is 0 Å². The topological polar surface area (TPSA) is 109 Å². The summed E-state index contributed by atoms with van der Waals surface area (Å²) in [4.78, 5) is 38.3. The van der Waals surface area contributed by atoms with Crippen molar-refractivity contribution in [2.45, 2.75) is 18.9 Å². The zero-order valence-corrected chi connectivity index (χ0v) is 13.5. The van der Waals surface area contributed by atoms with Crippen LogP contribution in [0.1, 0.15) is 12.8 Å². The number of likely N-dealkylation sites (N-methyl/N-ethyl adjacent to an activating group) is 1. The van der Waals surface area contributed by atoms with E-state index >= 15 is 0 Å². The Labute approximate surface area is 135 Å². The van der Waals surface area contributed by atoms with Gasteiger partial charge in [-0.25, -0.2) is 5.01 Å². The van der Waals surface area contributed by atoms with Gasteiger partial charge in [0.05, 0.1) is 19.3 Å². The quantitative estimate of drug-likeness (QED) is 0.644.